The van der Waals surface area contributed by atoms with Crippen LogP contribution < -0.4 is 15.6 Å². The van der Waals surface area contributed by atoms with Gasteiger partial charge in [0.25, 0.3) is 0 Å². The van der Waals surface area contributed by atoms with Gasteiger partial charge in [-0.3, -0.25) is 4.79 Å². The zero-order valence-electron chi connectivity index (χ0n) is 17.0. The number of hydrazone groups is 1. The van der Waals surface area contributed by atoms with Gasteiger partial charge in [0.1, 0.15) is 0 Å². The van der Waals surface area contributed by atoms with Gasteiger partial charge in [-0.2, -0.15) is 10.1 Å². The molecule has 0 radical (unpaired) electrons. The van der Waals surface area contributed by atoms with Gasteiger partial charge >= 0.3 is 0 Å². The standard InChI is InChI=1S/C21H25ClN6O2/c1-13-10-24-21(25-17-7-8-17)27-19(13)28(23-3)11-14(2)20(30)26-18(12-29)15-5-4-6-16(22)9-15/h4-6,9-11,17-18,29H,3,7-8,12H2,1-2H3,(H,26,30)(H,24,25,27)/b14-11+. The van der Waals surface area contributed by atoms with Crippen molar-refractivity contribution in [1.29, 1.82) is 0 Å². The van der Waals surface area contributed by atoms with Gasteiger partial charge in [-0.1, -0.05) is 23.7 Å². The number of aliphatic hydroxyl groups excluding tert-OH is 1. The fraction of sp³-hybridized carbons (Fsp3) is 0.333. The average Bonchev–Trinajstić information content (AvgIpc) is 3.55. The molecular formula is C21H25ClN6O2. The van der Waals surface area contributed by atoms with Crippen molar-refractivity contribution in [1.82, 2.24) is 15.3 Å². The van der Waals surface area contributed by atoms with E-state index in [4.69, 9.17) is 11.6 Å². The van der Waals surface area contributed by atoms with E-state index in [1.54, 1.807) is 43.6 Å². The molecule has 0 aliphatic heterocycles. The van der Waals surface area contributed by atoms with E-state index >= 15 is 0 Å². The van der Waals surface area contributed by atoms with Crippen molar-refractivity contribution in [3.8, 4) is 0 Å². The lowest BCUT2D eigenvalue weighted by molar-refractivity contribution is -0.118. The fourth-order valence-electron chi connectivity index (χ4n) is 2.79. The van der Waals surface area contributed by atoms with Crippen molar-refractivity contribution in [3.63, 3.8) is 0 Å². The highest BCUT2D eigenvalue weighted by atomic mass is 35.5. The first-order valence-corrected chi connectivity index (χ1v) is 10.0. The largest absolute Gasteiger partial charge is 0.394 e. The highest BCUT2D eigenvalue weighted by Crippen LogP contribution is 2.25. The Morgan fingerprint density at radius 3 is 2.90 bits per heavy atom. The summed E-state index contributed by atoms with van der Waals surface area (Å²) in [5.74, 6) is 0.693. The number of nitrogens with zero attached hydrogens (tertiary/aromatic N) is 4. The fourth-order valence-corrected chi connectivity index (χ4v) is 2.98. The summed E-state index contributed by atoms with van der Waals surface area (Å²) in [4.78, 5) is 21.5. The van der Waals surface area contributed by atoms with Gasteiger partial charge in [0, 0.05) is 41.3 Å². The molecule has 3 N–H and O–H groups in total. The average molecular weight is 429 g/mol. The Morgan fingerprint density at radius 1 is 1.50 bits per heavy atom. The lowest BCUT2D eigenvalue weighted by Gasteiger charge is -2.19. The normalized spacial score (nSPS) is 14.7. The Balaban J connectivity index is 1.76. The van der Waals surface area contributed by atoms with Gasteiger partial charge in [0.2, 0.25) is 11.9 Å². The summed E-state index contributed by atoms with van der Waals surface area (Å²) < 4.78 is 0. The SMILES string of the molecule is C=NN(/C=C(\C)C(=O)NC(CO)c1cccc(Cl)c1)c1nc(NC2CC2)ncc1C. The highest BCUT2D eigenvalue weighted by Gasteiger charge is 2.23. The van der Waals surface area contributed by atoms with Crippen LogP contribution in [-0.4, -0.2) is 40.3 Å². The highest BCUT2D eigenvalue weighted by molar-refractivity contribution is 6.30. The van der Waals surface area contributed by atoms with Crippen molar-refractivity contribution in [2.75, 3.05) is 16.9 Å². The number of hydrogen-bond donors (Lipinski definition) is 3. The summed E-state index contributed by atoms with van der Waals surface area (Å²) in [6, 6.07) is 6.83. The number of aryl methyl sites for hydroxylation is 1. The topological polar surface area (TPSA) is 103 Å². The molecule has 9 heteroatoms. The van der Waals surface area contributed by atoms with Crippen molar-refractivity contribution < 1.29 is 9.90 Å². The summed E-state index contributed by atoms with van der Waals surface area (Å²) in [5, 5.41) is 21.7. The molecule has 1 aromatic heterocycles. The van der Waals surface area contributed by atoms with E-state index < -0.39 is 6.04 Å². The second-order valence-corrected chi connectivity index (χ2v) is 7.62. The molecule has 1 unspecified atom stereocenters. The molecule has 1 heterocycles. The Hall–Kier alpha value is -2.97. The van der Waals surface area contributed by atoms with E-state index in [1.165, 1.54) is 5.01 Å². The van der Waals surface area contributed by atoms with Gasteiger partial charge in [0.05, 0.1) is 12.6 Å². The van der Waals surface area contributed by atoms with Crippen LogP contribution in [0.4, 0.5) is 11.8 Å². The number of anilines is 2. The molecular weight excluding hydrogens is 404 g/mol. The summed E-state index contributed by atoms with van der Waals surface area (Å²) in [7, 11) is 0. The van der Waals surface area contributed by atoms with E-state index in [0.717, 1.165) is 18.4 Å². The number of halogens is 1. The van der Waals surface area contributed by atoms with Crippen LogP contribution in [0.2, 0.25) is 5.02 Å². The summed E-state index contributed by atoms with van der Waals surface area (Å²) in [5.41, 5.74) is 1.88. The molecule has 0 saturated heterocycles. The van der Waals surface area contributed by atoms with Crippen LogP contribution >= 0.6 is 11.6 Å². The molecule has 158 valence electrons. The van der Waals surface area contributed by atoms with Gasteiger partial charge in [-0.15, -0.1) is 0 Å². The third kappa shape index (κ3) is 5.55. The molecule has 30 heavy (non-hydrogen) atoms. The van der Waals surface area contributed by atoms with E-state index in [1.807, 2.05) is 6.92 Å². The number of aromatic nitrogens is 2. The van der Waals surface area contributed by atoms with E-state index in [9.17, 15) is 9.90 Å². The summed E-state index contributed by atoms with van der Waals surface area (Å²) in [6.45, 7) is 6.84. The Kier molecular flexibility index (Phi) is 7.02. The molecule has 1 aromatic carbocycles. The Morgan fingerprint density at radius 2 is 2.27 bits per heavy atom. The number of rotatable bonds is 9. The number of amides is 1. The Bertz CT molecular complexity index is 960. The summed E-state index contributed by atoms with van der Waals surface area (Å²) >= 11 is 6.01. The van der Waals surface area contributed by atoms with Crippen LogP contribution in [0.1, 0.15) is 36.9 Å². The molecule has 0 spiro atoms. The zero-order chi connectivity index (χ0) is 21.7. The van der Waals surface area contributed by atoms with Crippen LogP contribution in [0.5, 0.6) is 0 Å². The maximum absolute atomic E-state index is 12.7. The molecule has 1 amide bonds. The number of hydrogen-bond acceptors (Lipinski definition) is 7. The first kappa shape index (κ1) is 21.7. The smallest absolute Gasteiger partial charge is 0.249 e. The summed E-state index contributed by atoms with van der Waals surface area (Å²) in [6.07, 6.45) is 5.46. The van der Waals surface area contributed by atoms with Crippen molar-refractivity contribution >= 4 is 36.0 Å². The molecule has 0 bridgehead atoms. The second-order valence-electron chi connectivity index (χ2n) is 7.18. The van der Waals surface area contributed by atoms with Gasteiger partial charge in [-0.25, -0.2) is 9.99 Å². The van der Waals surface area contributed by atoms with Crippen molar-refractivity contribution in [3.05, 3.63) is 58.4 Å². The third-order valence-corrected chi connectivity index (χ3v) is 4.87. The van der Waals surface area contributed by atoms with Crippen LogP contribution in [0.15, 0.2) is 47.3 Å². The van der Waals surface area contributed by atoms with Crippen LogP contribution in [0, 0.1) is 6.92 Å². The van der Waals surface area contributed by atoms with Gasteiger partial charge in [-0.05, 0) is 44.4 Å². The molecule has 8 nitrogen and oxygen atoms in total. The maximum Gasteiger partial charge on any atom is 0.249 e. The first-order chi connectivity index (χ1) is 14.4. The predicted molar refractivity (Wildman–Crippen MR) is 119 cm³/mol. The molecule has 3 rings (SSSR count). The maximum atomic E-state index is 12.7. The molecule has 1 atom stereocenters. The van der Waals surface area contributed by atoms with Crippen molar-refractivity contribution in [2.24, 2.45) is 5.10 Å². The monoisotopic (exact) mass is 428 g/mol. The lowest BCUT2D eigenvalue weighted by Crippen LogP contribution is -2.32. The zero-order valence-corrected chi connectivity index (χ0v) is 17.7. The van der Waals surface area contributed by atoms with Gasteiger partial charge < -0.3 is 15.7 Å². The van der Waals surface area contributed by atoms with Crippen LogP contribution in [0.3, 0.4) is 0 Å². The lowest BCUT2D eigenvalue weighted by atomic mass is 10.1. The van der Waals surface area contributed by atoms with Gasteiger partial charge in [0.15, 0.2) is 5.82 Å². The van der Waals surface area contributed by atoms with Crippen LogP contribution in [0.25, 0.3) is 0 Å². The molecule has 1 aliphatic rings. The third-order valence-electron chi connectivity index (χ3n) is 4.64. The molecule has 1 aliphatic carbocycles. The minimum Gasteiger partial charge on any atom is -0.394 e. The van der Waals surface area contributed by atoms with E-state index in [2.05, 4.69) is 32.4 Å². The number of carbonyl (C=O) groups is 1. The number of aliphatic hydroxyl groups is 1. The quantitative estimate of drug-likeness (QED) is 0.322. The number of carbonyl (C=O) groups excluding carboxylic acids is 1. The number of benzene rings is 1. The molecule has 1 saturated carbocycles. The predicted octanol–water partition coefficient (Wildman–Crippen LogP) is 3.19. The second kappa shape index (κ2) is 9.69. The van der Waals surface area contributed by atoms with E-state index in [-0.39, 0.29) is 12.5 Å². The van der Waals surface area contributed by atoms with Crippen molar-refractivity contribution in [2.45, 2.75) is 38.8 Å². The minimum absolute atomic E-state index is 0.260. The minimum atomic E-state index is -0.583. The first-order valence-electron chi connectivity index (χ1n) is 9.63. The van der Waals surface area contributed by atoms with Crippen LogP contribution in [-0.2, 0) is 4.79 Å². The number of nitrogens with one attached hydrogen (secondary N) is 2. The Labute approximate surface area is 180 Å². The van der Waals surface area contributed by atoms with E-state index in [0.29, 0.717) is 34.0 Å². The molecule has 2 aromatic rings. The molecule has 1 fully saturated rings.